The third-order valence-corrected chi connectivity index (χ3v) is 5.05. The van der Waals surface area contributed by atoms with Crippen LogP contribution in [0.4, 0.5) is 13.2 Å². The van der Waals surface area contributed by atoms with Crippen molar-refractivity contribution in [2.24, 2.45) is 0 Å². The summed E-state index contributed by atoms with van der Waals surface area (Å²) < 4.78 is 69.0. The number of hydrogen-bond acceptors (Lipinski definition) is 5. The van der Waals surface area contributed by atoms with Crippen LogP contribution in [-0.2, 0) is 20.8 Å². The fourth-order valence-corrected chi connectivity index (χ4v) is 3.42. The molecule has 1 heterocycles. The predicted octanol–water partition coefficient (Wildman–Crippen LogP) is 3.42. The van der Waals surface area contributed by atoms with Crippen LogP contribution in [-0.4, -0.2) is 26.0 Å². The van der Waals surface area contributed by atoms with Gasteiger partial charge in [0.1, 0.15) is 4.90 Å². The van der Waals surface area contributed by atoms with Gasteiger partial charge in [-0.1, -0.05) is 17.7 Å². The molecule has 0 atom stereocenters. The molecule has 0 spiro atoms. The van der Waals surface area contributed by atoms with Gasteiger partial charge in [0.15, 0.2) is 5.69 Å². The molecule has 0 N–H and O–H groups in total. The van der Waals surface area contributed by atoms with Gasteiger partial charge in [-0.05, 0) is 32.0 Å². The lowest BCUT2D eigenvalue weighted by molar-refractivity contribution is -0.138. The lowest BCUT2D eigenvalue weighted by Gasteiger charge is -2.13. The van der Waals surface area contributed by atoms with Crippen molar-refractivity contribution >= 4 is 15.8 Å². The van der Waals surface area contributed by atoms with Gasteiger partial charge in [0.25, 0.3) is 0 Å². The molecule has 0 radical (unpaired) electrons. The van der Waals surface area contributed by atoms with E-state index >= 15 is 0 Å². The van der Waals surface area contributed by atoms with E-state index in [9.17, 15) is 26.4 Å². The second-order valence-corrected chi connectivity index (χ2v) is 7.02. The number of carbonyl (C=O) groups is 1. The zero-order valence-electron chi connectivity index (χ0n) is 13.3. The zero-order valence-corrected chi connectivity index (χ0v) is 14.1. The van der Waals surface area contributed by atoms with Gasteiger partial charge in [0, 0.05) is 6.20 Å². The molecule has 0 aliphatic rings. The van der Waals surface area contributed by atoms with Crippen molar-refractivity contribution in [2.75, 3.05) is 6.61 Å². The molecule has 134 valence electrons. The summed E-state index contributed by atoms with van der Waals surface area (Å²) >= 11 is 0. The minimum atomic E-state index is -4.81. The first kappa shape index (κ1) is 18.9. The van der Waals surface area contributed by atoms with Crippen molar-refractivity contribution in [3.63, 3.8) is 0 Å². The largest absolute Gasteiger partial charge is 0.461 e. The fourth-order valence-electron chi connectivity index (χ4n) is 2.00. The lowest BCUT2D eigenvalue weighted by Crippen LogP contribution is -2.17. The van der Waals surface area contributed by atoms with Crippen LogP contribution in [0.1, 0.15) is 28.5 Å². The maximum atomic E-state index is 12.9. The quantitative estimate of drug-likeness (QED) is 0.768. The number of pyridine rings is 1. The fraction of sp³-hybridized carbons (Fsp3) is 0.250. The van der Waals surface area contributed by atoms with E-state index in [1.807, 2.05) is 0 Å². The van der Waals surface area contributed by atoms with E-state index in [4.69, 9.17) is 4.74 Å². The molecule has 0 unspecified atom stereocenters. The zero-order chi connectivity index (χ0) is 18.8. The van der Waals surface area contributed by atoms with Crippen molar-refractivity contribution in [2.45, 2.75) is 29.8 Å². The first-order valence-corrected chi connectivity index (χ1v) is 8.61. The van der Waals surface area contributed by atoms with Crippen LogP contribution in [0.5, 0.6) is 0 Å². The summed E-state index contributed by atoms with van der Waals surface area (Å²) in [6.07, 6.45) is -4.40. The second-order valence-electron chi connectivity index (χ2n) is 5.11. The Bertz CT molecular complexity index is 891. The lowest BCUT2D eigenvalue weighted by atomic mass is 10.2. The first-order chi connectivity index (χ1) is 11.6. The summed E-state index contributed by atoms with van der Waals surface area (Å²) in [6.45, 7) is 3.13. The normalized spacial score (nSPS) is 12.0. The van der Waals surface area contributed by atoms with Gasteiger partial charge < -0.3 is 4.74 Å². The Hall–Kier alpha value is -2.42. The van der Waals surface area contributed by atoms with Crippen LogP contribution in [0.2, 0.25) is 0 Å². The maximum Gasteiger partial charge on any atom is 0.417 e. The molecular formula is C16H14F3NO4S. The van der Waals surface area contributed by atoms with Gasteiger partial charge in [-0.2, -0.15) is 13.2 Å². The highest BCUT2D eigenvalue weighted by molar-refractivity contribution is 7.91. The van der Waals surface area contributed by atoms with E-state index in [-0.39, 0.29) is 11.5 Å². The number of rotatable bonds is 4. The Balaban J connectivity index is 2.70. The van der Waals surface area contributed by atoms with Gasteiger partial charge in [0.05, 0.1) is 17.1 Å². The third-order valence-electron chi connectivity index (χ3n) is 3.27. The molecule has 1 aromatic carbocycles. The summed E-state index contributed by atoms with van der Waals surface area (Å²) in [5.41, 5.74) is -1.19. The highest BCUT2D eigenvalue weighted by atomic mass is 32.2. The number of ether oxygens (including phenoxy) is 1. The molecule has 0 bridgehead atoms. The Morgan fingerprint density at radius 2 is 1.80 bits per heavy atom. The summed E-state index contributed by atoms with van der Waals surface area (Å²) in [4.78, 5) is 14.2. The number of aryl methyl sites for hydroxylation is 1. The summed E-state index contributed by atoms with van der Waals surface area (Å²) in [6, 6.07) is 5.89. The predicted molar refractivity (Wildman–Crippen MR) is 81.8 cm³/mol. The molecule has 2 aromatic rings. The standard InChI is InChI=1S/C16H14F3NO4S/c1-3-24-15(21)14-13(8-11(9-20-14)16(17,18)19)25(22,23)12-6-4-10(2)5-7-12/h4-9H,3H2,1-2H3. The average Bonchev–Trinajstić information content (AvgIpc) is 2.54. The summed E-state index contributed by atoms with van der Waals surface area (Å²) in [7, 11) is -4.40. The smallest absolute Gasteiger partial charge is 0.417 e. The number of benzene rings is 1. The average molecular weight is 373 g/mol. The van der Waals surface area contributed by atoms with Crippen molar-refractivity contribution in [1.29, 1.82) is 0 Å². The van der Waals surface area contributed by atoms with Gasteiger partial charge in [-0.3, -0.25) is 0 Å². The molecule has 0 saturated heterocycles. The molecule has 9 heteroatoms. The molecule has 2 rings (SSSR count). The number of sulfone groups is 1. The molecule has 1 aromatic heterocycles. The maximum absolute atomic E-state index is 12.9. The summed E-state index contributed by atoms with van der Waals surface area (Å²) in [5.74, 6) is -1.11. The van der Waals surface area contributed by atoms with Crippen molar-refractivity contribution < 1.29 is 31.1 Å². The van der Waals surface area contributed by atoms with Crippen LogP contribution in [0.15, 0.2) is 46.3 Å². The molecule has 0 fully saturated rings. The number of esters is 1. The van der Waals surface area contributed by atoms with Gasteiger partial charge in [-0.15, -0.1) is 0 Å². The van der Waals surface area contributed by atoms with Crippen LogP contribution < -0.4 is 0 Å². The Kier molecular flexibility index (Phi) is 5.17. The van der Waals surface area contributed by atoms with E-state index in [2.05, 4.69) is 4.98 Å². The molecule has 5 nitrogen and oxygen atoms in total. The molecule has 0 amide bonds. The monoisotopic (exact) mass is 373 g/mol. The number of alkyl halides is 3. The van der Waals surface area contributed by atoms with Gasteiger partial charge >= 0.3 is 12.1 Å². The van der Waals surface area contributed by atoms with Gasteiger partial charge in [-0.25, -0.2) is 18.2 Å². The van der Waals surface area contributed by atoms with E-state index in [0.29, 0.717) is 12.3 Å². The van der Waals surface area contributed by atoms with E-state index < -0.39 is 38.1 Å². The van der Waals surface area contributed by atoms with Crippen LogP contribution in [0.3, 0.4) is 0 Å². The van der Waals surface area contributed by atoms with Crippen molar-refractivity contribution in [3.8, 4) is 0 Å². The van der Waals surface area contributed by atoms with Crippen LogP contribution >= 0.6 is 0 Å². The molecule has 0 aliphatic carbocycles. The second kappa shape index (κ2) is 6.83. The van der Waals surface area contributed by atoms with Gasteiger partial charge in [0.2, 0.25) is 9.84 Å². The summed E-state index contributed by atoms with van der Waals surface area (Å²) in [5, 5.41) is 0. The molecule has 0 saturated carbocycles. The van der Waals surface area contributed by atoms with Crippen molar-refractivity contribution in [1.82, 2.24) is 4.98 Å². The van der Waals surface area contributed by atoms with Crippen LogP contribution in [0, 0.1) is 6.92 Å². The number of hydrogen-bond donors (Lipinski definition) is 0. The number of nitrogens with zero attached hydrogens (tertiary/aromatic N) is 1. The highest BCUT2D eigenvalue weighted by Crippen LogP contribution is 2.33. The van der Waals surface area contributed by atoms with E-state index in [0.717, 1.165) is 5.56 Å². The van der Waals surface area contributed by atoms with E-state index in [1.54, 1.807) is 6.92 Å². The van der Waals surface area contributed by atoms with Crippen molar-refractivity contribution in [3.05, 3.63) is 53.3 Å². The minimum Gasteiger partial charge on any atom is -0.461 e. The van der Waals surface area contributed by atoms with Crippen LogP contribution in [0.25, 0.3) is 0 Å². The first-order valence-electron chi connectivity index (χ1n) is 7.13. The van der Waals surface area contributed by atoms with E-state index in [1.165, 1.54) is 31.2 Å². The highest BCUT2D eigenvalue weighted by Gasteiger charge is 2.35. The molecular weight excluding hydrogens is 359 g/mol. The Labute approximate surface area is 142 Å². The molecule has 25 heavy (non-hydrogen) atoms. The SMILES string of the molecule is CCOC(=O)c1ncc(C(F)(F)F)cc1S(=O)(=O)c1ccc(C)cc1. The molecule has 0 aliphatic heterocycles. The third kappa shape index (κ3) is 3.98. The number of carbonyl (C=O) groups excluding carboxylic acids is 1. The Morgan fingerprint density at radius 1 is 1.20 bits per heavy atom. The topological polar surface area (TPSA) is 73.3 Å². The minimum absolute atomic E-state index is 0.0778. The Morgan fingerprint density at radius 3 is 2.32 bits per heavy atom. The number of aromatic nitrogens is 1. The number of halogens is 3.